The smallest absolute Gasteiger partial charge is 0.419 e. The van der Waals surface area contributed by atoms with E-state index in [-0.39, 0.29) is 5.92 Å². The van der Waals surface area contributed by atoms with E-state index < -0.39 is 11.7 Å². The fourth-order valence-corrected chi connectivity index (χ4v) is 3.70. The van der Waals surface area contributed by atoms with E-state index in [1.54, 1.807) is 12.0 Å². The highest BCUT2D eigenvalue weighted by atomic mass is 16.6. The van der Waals surface area contributed by atoms with Gasteiger partial charge in [0.2, 0.25) is 0 Å². The summed E-state index contributed by atoms with van der Waals surface area (Å²) in [6, 6.07) is 28.2. The molecule has 0 bridgehead atoms. The van der Waals surface area contributed by atoms with Crippen LogP contribution in [0.3, 0.4) is 0 Å². The van der Waals surface area contributed by atoms with Crippen molar-refractivity contribution in [3.8, 4) is 5.75 Å². The molecule has 172 valence electrons. The first-order valence-corrected chi connectivity index (χ1v) is 11.2. The van der Waals surface area contributed by atoms with Crippen LogP contribution in [0.1, 0.15) is 44.7 Å². The molecule has 4 nitrogen and oxygen atoms in total. The molecule has 1 amide bonds. The molecule has 33 heavy (non-hydrogen) atoms. The Labute approximate surface area is 197 Å². The maximum absolute atomic E-state index is 13.3. The van der Waals surface area contributed by atoms with Crippen molar-refractivity contribution >= 4 is 11.8 Å². The van der Waals surface area contributed by atoms with Gasteiger partial charge in [0.05, 0.1) is 12.8 Å². The first kappa shape index (κ1) is 24.1. The van der Waals surface area contributed by atoms with Gasteiger partial charge in [-0.3, -0.25) is 4.90 Å². The molecule has 0 saturated heterocycles. The lowest BCUT2D eigenvalue weighted by Crippen LogP contribution is -2.36. The summed E-state index contributed by atoms with van der Waals surface area (Å²) >= 11 is 0. The molecule has 0 saturated carbocycles. The van der Waals surface area contributed by atoms with Crippen molar-refractivity contribution in [3.05, 3.63) is 108 Å². The Morgan fingerprint density at radius 1 is 0.909 bits per heavy atom. The van der Waals surface area contributed by atoms with Crippen LogP contribution in [0.5, 0.6) is 5.75 Å². The summed E-state index contributed by atoms with van der Waals surface area (Å²) in [6.07, 6.45) is 2.57. The summed E-state index contributed by atoms with van der Waals surface area (Å²) in [7, 11) is 1.62. The fraction of sp³-hybridized carbons (Fsp3) is 0.276. The molecule has 0 fully saturated rings. The first-order chi connectivity index (χ1) is 15.8. The standard InChI is InChI=1S/C29H33NO3/c1-22(20-25(24-14-10-7-11-15-24)21-23-12-8-6-9-13-23)30(28(31)33-29(2,3)4)26-16-18-27(32-5)19-17-26/h6-20,25H,21H2,1-5H3/b22-20-/t25-/m0/s1. The van der Waals surface area contributed by atoms with E-state index >= 15 is 0 Å². The monoisotopic (exact) mass is 443 g/mol. The molecule has 4 heteroatoms. The second-order valence-corrected chi connectivity index (χ2v) is 9.03. The number of allylic oxidation sites excluding steroid dienone is 2. The van der Waals surface area contributed by atoms with E-state index in [2.05, 4.69) is 42.5 Å². The third kappa shape index (κ3) is 6.98. The number of anilines is 1. The number of ether oxygens (including phenoxy) is 2. The summed E-state index contributed by atoms with van der Waals surface area (Å²) in [4.78, 5) is 14.9. The van der Waals surface area contributed by atoms with Gasteiger partial charge >= 0.3 is 6.09 Å². The maximum atomic E-state index is 13.3. The van der Waals surface area contributed by atoms with Gasteiger partial charge in [-0.15, -0.1) is 0 Å². The lowest BCUT2D eigenvalue weighted by molar-refractivity contribution is 0.0592. The van der Waals surface area contributed by atoms with E-state index in [1.165, 1.54) is 11.1 Å². The third-order valence-corrected chi connectivity index (χ3v) is 5.23. The number of hydrogen-bond acceptors (Lipinski definition) is 3. The number of nitrogens with zero attached hydrogens (tertiary/aromatic N) is 1. The Morgan fingerprint density at radius 3 is 2.03 bits per heavy atom. The zero-order valence-electron chi connectivity index (χ0n) is 20.1. The molecular formula is C29H33NO3. The highest BCUT2D eigenvalue weighted by Crippen LogP contribution is 2.29. The molecule has 0 aliphatic rings. The van der Waals surface area contributed by atoms with Gasteiger partial charge in [0.1, 0.15) is 11.4 Å². The van der Waals surface area contributed by atoms with Crippen molar-refractivity contribution in [1.82, 2.24) is 0 Å². The molecule has 1 atom stereocenters. The predicted octanol–water partition coefficient (Wildman–Crippen LogP) is 7.37. The Balaban J connectivity index is 2.01. The van der Waals surface area contributed by atoms with Crippen LogP contribution in [-0.2, 0) is 11.2 Å². The van der Waals surface area contributed by atoms with Gasteiger partial charge in [0, 0.05) is 11.6 Å². The van der Waals surface area contributed by atoms with Crippen molar-refractivity contribution in [2.75, 3.05) is 12.0 Å². The Bertz CT molecular complexity index is 1050. The van der Waals surface area contributed by atoms with E-state index in [0.29, 0.717) is 0 Å². The van der Waals surface area contributed by atoms with Crippen molar-refractivity contribution in [3.63, 3.8) is 0 Å². The largest absolute Gasteiger partial charge is 0.497 e. The third-order valence-electron chi connectivity index (χ3n) is 5.23. The average molecular weight is 444 g/mol. The summed E-state index contributed by atoms with van der Waals surface area (Å²) in [5.74, 6) is 0.826. The van der Waals surface area contributed by atoms with Crippen LogP contribution in [0, 0.1) is 0 Å². The van der Waals surface area contributed by atoms with Crippen LogP contribution < -0.4 is 9.64 Å². The lowest BCUT2D eigenvalue weighted by atomic mass is 9.91. The van der Waals surface area contributed by atoms with Crippen molar-refractivity contribution in [1.29, 1.82) is 0 Å². The van der Waals surface area contributed by atoms with E-state index in [0.717, 1.165) is 23.6 Å². The van der Waals surface area contributed by atoms with Gasteiger partial charge in [-0.2, -0.15) is 0 Å². The molecule has 0 heterocycles. The Morgan fingerprint density at radius 2 is 1.48 bits per heavy atom. The van der Waals surface area contributed by atoms with Gasteiger partial charge in [-0.05, 0) is 69.5 Å². The van der Waals surface area contributed by atoms with Crippen molar-refractivity contribution in [2.45, 2.75) is 45.6 Å². The zero-order valence-corrected chi connectivity index (χ0v) is 20.1. The molecule has 0 N–H and O–H groups in total. The summed E-state index contributed by atoms with van der Waals surface area (Å²) in [6.45, 7) is 7.57. The van der Waals surface area contributed by atoms with Gasteiger partial charge in [0.15, 0.2) is 0 Å². The number of benzene rings is 3. The minimum atomic E-state index is -0.606. The van der Waals surface area contributed by atoms with Crippen LogP contribution >= 0.6 is 0 Å². The van der Waals surface area contributed by atoms with Crippen LogP contribution in [0.2, 0.25) is 0 Å². The number of methoxy groups -OCH3 is 1. The Kier molecular flexibility index (Phi) is 7.94. The Hall–Kier alpha value is -3.53. The zero-order chi connectivity index (χ0) is 23.8. The van der Waals surface area contributed by atoms with Crippen LogP contribution in [0.25, 0.3) is 0 Å². The molecule has 3 aromatic carbocycles. The number of carbonyl (C=O) groups excluding carboxylic acids is 1. The summed E-state index contributed by atoms with van der Waals surface area (Å²) < 4.78 is 11.0. The van der Waals surface area contributed by atoms with E-state index in [4.69, 9.17) is 9.47 Å². The molecule has 0 spiro atoms. The minimum Gasteiger partial charge on any atom is -0.497 e. The molecule has 3 aromatic rings. The molecular weight excluding hydrogens is 410 g/mol. The highest BCUT2D eigenvalue weighted by Gasteiger charge is 2.25. The fourth-order valence-electron chi connectivity index (χ4n) is 3.70. The van der Waals surface area contributed by atoms with Crippen molar-refractivity contribution in [2.24, 2.45) is 0 Å². The topological polar surface area (TPSA) is 38.8 Å². The quantitative estimate of drug-likeness (QED) is 0.383. The molecule has 0 aromatic heterocycles. The molecule has 0 unspecified atom stereocenters. The van der Waals surface area contributed by atoms with Crippen LogP contribution in [-0.4, -0.2) is 18.8 Å². The molecule has 0 aliphatic heterocycles. The number of carbonyl (C=O) groups is 1. The van der Waals surface area contributed by atoms with E-state index in [9.17, 15) is 4.79 Å². The second-order valence-electron chi connectivity index (χ2n) is 9.03. The van der Waals surface area contributed by atoms with Crippen molar-refractivity contribution < 1.29 is 14.3 Å². The number of rotatable bonds is 7. The van der Waals surface area contributed by atoms with Gasteiger partial charge in [-0.25, -0.2) is 4.79 Å². The van der Waals surface area contributed by atoms with E-state index in [1.807, 2.05) is 76.2 Å². The second kappa shape index (κ2) is 10.9. The minimum absolute atomic E-state index is 0.0942. The first-order valence-electron chi connectivity index (χ1n) is 11.2. The van der Waals surface area contributed by atoms with Gasteiger partial charge in [0.25, 0.3) is 0 Å². The maximum Gasteiger partial charge on any atom is 0.419 e. The lowest BCUT2D eigenvalue weighted by Gasteiger charge is -2.29. The molecule has 0 radical (unpaired) electrons. The molecule has 3 rings (SSSR count). The summed E-state index contributed by atoms with van der Waals surface area (Å²) in [5, 5.41) is 0. The van der Waals surface area contributed by atoms with Crippen LogP contribution in [0.15, 0.2) is 96.7 Å². The predicted molar refractivity (Wildman–Crippen MR) is 135 cm³/mol. The highest BCUT2D eigenvalue weighted by molar-refractivity contribution is 5.91. The van der Waals surface area contributed by atoms with Crippen LogP contribution in [0.4, 0.5) is 10.5 Å². The SMILES string of the molecule is COc1ccc(N(C(=O)OC(C)(C)C)/C(C)=C\[C@@H](Cc2ccccc2)c2ccccc2)cc1. The van der Waals surface area contributed by atoms with Gasteiger partial charge < -0.3 is 9.47 Å². The summed E-state index contributed by atoms with van der Waals surface area (Å²) in [5.41, 5.74) is 3.36. The normalized spacial score (nSPS) is 12.7. The van der Waals surface area contributed by atoms with Gasteiger partial charge in [-0.1, -0.05) is 66.7 Å². The number of amides is 1. The molecule has 0 aliphatic carbocycles. The number of hydrogen-bond donors (Lipinski definition) is 0. The average Bonchev–Trinajstić information content (AvgIpc) is 2.79.